The van der Waals surface area contributed by atoms with Gasteiger partial charge in [0.05, 0.1) is 24.8 Å². The lowest BCUT2D eigenvalue weighted by molar-refractivity contribution is 0.213. The summed E-state index contributed by atoms with van der Waals surface area (Å²) in [6.45, 7) is 1.97. The maximum Gasteiger partial charge on any atom is 0.143 e. The zero-order valence-corrected chi connectivity index (χ0v) is 15.8. The molecule has 0 amide bonds. The van der Waals surface area contributed by atoms with E-state index in [1.165, 1.54) is 5.57 Å². The number of aromatic nitrogens is 2. The number of rotatable bonds is 6. The number of methoxy groups -OCH3 is 1. The van der Waals surface area contributed by atoms with Crippen molar-refractivity contribution in [2.24, 2.45) is 5.16 Å². The van der Waals surface area contributed by atoms with Crippen molar-refractivity contribution >= 4 is 5.71 Å². The van der Waals surface area contributed by atoms with E-state index in [1.807, 2.05) is 36.9 Å². The molecule has 0 aliphatic heterocycles. The van der Waals surface area contributed by atoms with Crippen LogP contribution in [0.25, 0.3) is 5.69 Å². The summed E-state index contributed by atoms with van der Waals surface area (Å²) >= 11 is 0. The van der Waals surface area contributed by atoms with Crippen LogP contribution in [-0.4, -0.2) is 42.6 Å². The molecule has 1 aromatic heterocycles. The van der Waals surface area contributed by atoms with Crippen LogP contribution in [-0.2, 0) is 4.84 Å². The summed E-state index contributed by atoms with van der Waals surface area (Å²) < 4.78 is 7.59. The van der Waals surface area contributed by atoms with Crippen LogP contribution in [0.5, 0.6) is 5.75 Å². The average Bonchev–Trinajstić information content (AvgIpc) is 3.11. The molecule has 26 heavy (non-hydrogen) atoms. The van der Waals surface area contributed by atoms with Gasteiger partial charge in [0.15, 0.2) is 0 Å². The van der Waals surface area contributed by atoms with Crippen molar-refractivity contribution in [2.45, 2.75) is 32.2 Å². The van der Waals surface area contributed by atoms with Crippen molar-refractivity contribution < 1.29 is 9.57 Å². The normalized spacial score (nSPS) is 17.8. The molecule has 0 saturated carbocycles. The van der Waals surface area contributed by atoms with Crippen LogP contribution < -0.4 is 10.1 Å². The fourth-order valence-electron chi connectivity index (χ4n) is 3.33. The Labute approximate surface area is 154 Å². The van der Waals surface area contributed by atoms with Crippen LogP contribution in [0.1, 0.15) is 30.5 Å². The van der Waals surface area contributed by atoms with E-state index in [0.717, 1.165) is 47.7 Å². The molecule has 1 atom stereocenters. The van der Waals surface area contributed by atoms with Crippen molar-refractivity contribution in [1.82, 2.24) is 14.9 Å². The number of aryl methyl sites for hydroxylation is 1. The number of allylic oxidation sites excluding steroid dienone is 1. The Morgan fingerprint density at radius 2 is 2.19 bits per heavy atom. The van der Waals surface area contributed by atoms with Gasteiger partial charge in [-0.1, -0.05) is 17.3 Å². The monoisotopic (exact) mass is 354 g/mol. The van der Waals surface area contributed by atoms with Gasteiger partial charge in [-0.15, -0.1) is 0 Å². The van der Waals surface area contributed by atoms with Gasteiger partial charge < -0.3 is 19.5 Å². The number of nitrogens with one attached hydrogen (secondary N) is 1. The molecule has 0 radical (unpaired) electrons. The van der Waals surface area contributed by atoms with Gasteiger partial charge in [0.25, 0.3) is 0 Å². The van der Waals surface area contributed by atoms with Gasteiger partial charge >= 0.3 is 0 Å². The highest BCUT2D eigenvalue weighted by molar-refractivity contribution is 6.12. The van der Waals surface area contributed by atoms with E-state index >= 15 is 0 Å². The van der Waals surface area contributed by atoms with E-state index in [4.69, 9.17) is 9.57 Å². The summed E-state index contributed by atoms with van der Waals surface area (Å²) in [6.07, 6.45) is 9.28. The first kappa shape index (κ1) is 18.2. The second-order valence-corrected chi connectivity index (χ2v) is 6.41. The van der Waals surface area contributed by atoms with E-state index < -0.39 is 0 Å². The Hall–Kier alpha value is -2.60. The average molecular weight is 354 g/mol. The number of oxime groups is 1. The predicted octanol–water partition coefficient (Wildman–Crippen LogP) is 3.24. The van der Waals surface area contributed by atoms with E-state index in [-0.39, 0.29) is 0 Å². The highest BCUT2D eigenvalue weighted by Crippen LogP contribution is 2.28. The van der Waals surface area contributed by atoms with E-state index in [2.05, 4.69) is 27.6 Å². The quantitative estimate of drug-likeness (QED) is 0.639. The molecule has 0 fully saturated rings. The van der Waals surface area contributed by atoms with E-state index in [0.29, 0.717) is 6.04 Å². The molecule has 2 aromatic rings. The molecule has 0 bridgehead atoms. The van der Waals surface area contributed by atoms with Crippen LogP contribution in [0.15, 0.2) is 47.5 Å². The molecule has 1 N–H and O–H groups in total. The Balaban J connectivity index is 2.01. The third-order valence-corrected chi connectivity index (χ3v) is 4.66. The first-order chi connectivity index (χ1) is 12.7. The minimum absolute atomic E-state index is 0.371. The molecule has 1 heterocycles. The van der Waals surface area contributed by atoms with E-state index in [1.54, 1.807) is 20.5 Å². The van der Waals surface area contributed by atoms with Crippen molar-refractivity contribution in [3.63, 3.8) is 0 Å². The highest BCUT2D eigenvalue weighted by Gasteiger charge is 2.19. The summed E-state index contributed by atoms with van der Waals surface area (Å²) in [5, 5.41) is 7.65. The predicted molar refractivity (Wildman–Crippen MR) is 103 cm³/mol. The van der Waals surface area contributed by atoms with Crippen molar-refractivity contribution in [3.05, 3.63) is 53.6 Å². The summed E-state index contributed by atoms with van der Waals surface area (Å²) in [6, 6.07) is 6.46. The van der Waals surface area contributed by atoms with Gasteiger partial charge in [0.1, 0.15) is 18.6 Å². The Bertz CT molecular complexity index is 823. The van der Waals surface area contributed by atoms with Crippen LogP contribution in [0.4, 0.5) is 0 Å². The number of hydrogen-bond donors (Lipinski definition) is 1. The molecule has 6 nitrogen and oxygen atoms in total. The number of benzene rings is 1. The van der Waals surface area contributed by atoms with Gasteiger partial charge in [0, 0.05) is 17.8 Å². The molecule has 3 rings (SSSR count). The topological polar surface area (TPSA) is 60.7 Å². The van der Waals surface area contributed by atoms with Gasteiger partial charge in [-0.05, 0) is 50.9 Å². The van der Waals surface area contributed by atoms with Gasteiger partial charge in [0.2, 0.25) is 0 Å². The molecule has 138 valence electrons. The van der Waals surface area contributed by atoms with Gasteiger partial charge in [-0.25, -0.2) is 4.98 Å². The number of ether oxygens (including phenoxy) is 1. The fourth-order valence-corrected chi connectivity index (χ4v) is 3.33. The summed E-state index contributed by atoms with van der Waals surface area (Å²) in [7, 11) is 5.25. The molecule has 1 aromatic carbocycles. The number of likely N-dealkylation sites (N-methyl/N-ethyl adjacent to an activating group) is 1. The van der Waals surface area contributed by atoms with Crippen LogP contribution >= 0.6 is 0 Å². The highest BCUT2D eigenvalue weighted by atomic mass is 16.6. The standard InChI is InChI=1S/C20H26N4O2/c1-14-12-24(13-22-14)18-9-8-16(11-19(18)25-3)20(23-26-4)15-6-5-7-17(10-15)21-2/h8-13,17,21H,5-7H2,1-4H3/b23-20+. The minimum atomic E-state index is 0.371. The first-order valence-corrected chi connectivity index (χ1v) is 8.85. The maximum atomic E-state index is 5.63. The minimum Gasteiger partial charge on any atom is -0.495 e. The zero-order valence-electron chi connectivity index (χ0n) is 15.8. The lowest BCUT2D eigenvalue weighted by Crippen LogP contribution is -2.27. The number of imidazole rings is 1. The first-order valence-electron chi connectivity index (χ1n) is 8.85. The van der Waals surface area contributed by atoms with Crippen molar-refractivity contribution in [1.29, 1.82) is 0 Å². The van der Waals surface area contributed by atoms with Crippen molar-refractivity contribution in [3.8, 4) is 11.4 Å². The molecule has 0 saturated heterocycles. The number of nitrogens with zero attached hydrogens (tertiary/aromatic N) is 3. The summed E-state index contributed by atoms with van der Waals surface area (Å²) in [4.78, 5) is 9.44. The van der Waals surface area contributed by atoms with E-state index in [9.17, 15) is 0 Å². The fraction of sp³-hybridized carbons (Fsp3) is 0.400. The van der Waals surface area contributed by atoms with Crippen LogP contribution in [0, 0.1) is 6.92 Å². The molecule has 1 aliphatic rings. The maximum absolute atomic E-state index is 5.63. The zero-order chi connectivity index (χ0) is 18.5. The molecule has 1 aliphatic carbocycles. The Morgan fingerprint density at radius 1 is 1.35 bits per heavy atom. The Morgan fingerprint density at radius 3 is 2.85 bits per heavy atom. The van der Waals surface area contributed by atoms with Gasteiger partial charge in [-0.2, -0.15) is 0 Å². The van der Waals surface area contributed by atoms with Crippen LogP contribution in [0.3, 0.4) is 0 Å². The molecule has 0 spiro atoms. The summed E-state index contributed by atoms with van der Waals surface area (Å²) in [5.74, 6) is 0.769. The Kier molecular flexibility index (Phi) is 5.73. The molecule has 1 unspecified atom stereocenters. The van der Waals surface area contributed by atoms with Crippen LogP contribution in [0.2, 0.25) is 0 Å². The smallest absolute Gasteiger partial charge is 0.143 e. The number of hydrogen-bond acceptors (Lipinski definition) is 5. The largest absolute Gasteiger partial charge is 0.495 e. The second-order valence-electron chi connectivity index (χ2n) is 6.41. The molecular formula is C20H26N4O2. The lowest BCUT2D eigenvalue weighted by atomic mass is 9.90. The summed E-state index contributed by atoms with van der Waals surface area (Å²) in [5.41, 5.74) is 4.94. The second kappa shape index (κ2) is 8.19. The SMILES string of the molecule is CNC1C=C(/C(=N\OC)c2ccc(-n3cnc(C)c3)c(OC)c2)CCC1. The molecular weight excluding hydrogens is 328 g/mol. The third kappa shape index (κ3) is 3.80. The third-order valence-electron chi connectivity index (χ3n) is 4.66. The van der Waals surface area contributed by atoms with Crippen molar-refractivity contribution in [2.75, 3.05) is 21.3 Å². The molecule has 6 heteroatoms. The van der Waals surface area contributed by atoms with Gasteiger partial charge in [-0.3, -0.25) is 0 Å². The lowest BCUT2D eigenvalue weighted by Gasteiger charge is -2.22.